The van der Waals surface area contributed by atoms with Gasteiger partial charge in [0.2, 0.25) is 0 Å². The molecule has 0 bridgehead atoms. The van der Waals surface area contributed by atoms with Gasteiger partial charge in [0.05, 0.1) is 0 Å². The summed E-state index contributed by atoms with van der Waals surface area (Å²) < 4.78 is 17.8. The van der Waals surface area contributed by atoms with Crippen molar-refractivity contribution < 1.29 is 18.8 Å². The van der Waals surface area contributed by atoms with Crippen LogP contribution in [-0.4, -0.2) is 16.2 Å². The van der Waals surface area contributed by atoms with Crippen LogP contribution in [0.5, 0.6) is 5.75 Å². The van der Waals surface area contributed by atoms with Crippen LogP contribution in [0.3, 0.4) is 0 Å². The Morgan fingerprint density at radius 1 is 1.44 bits per heavy atom. The maximum atomic E-state index is 13.3. The van der Waals surface area contributed by atoms with Crippen LogP contribution in [0.25, 0.3) is 0 Å². The molecule has 5 nitrogen and oxygen atoms in total. The average molecular weight is 222 g/mol. The summed E-state index contributed by atoms with van der Waals surface area (Å²) in [5.41, 5.74) is -0.425. The summed E-state index contributed by atoms with van der Waals surface area (Å²) in [6, 6.07) is 5.01. The van der Waals surface area contributed by atoms with Gasteiger partial charge in [-0.25, -0.2) is 4.39 Å². The van der Waals surface area contributed by atoms with Crippen molar-refractivity contribution in [2.24, 2.45) is 0 Å². The van der Waals surface area contributed by atoms with Gasteiger partial charge in [-0.2, -0.15) is 0 Å². The lowest BCUT2D eigenvalue weighted by molar-refractivity contribution is 0.101. The zero-order valence-corrected chi connectivity index (χ0v) is 7.98. The lowest BCUT2D eigenvalue weighted by Gasteiger charge is -2.04. The highest BCUT2D eigenvalue weighted by atomic mass is 19.1. The fourth-order valence-electron chi connectivity index (χ4n) is 1.19. The van der Waals surface area contributed by atoms with Crippen LogP contribution in [0.4, 0.5) is 10.2 Å². The van der Waals surface area contributed by atoms with Gasteiger partial charge in [0, 0.05) is 6.07 Å². The smallest absolute Gasteiger partial charge is 0.263 e. The number of carbonyl (C=O) groups is 1. The second-order valence-corrected chi connectivity index (χ2v) is 2.97. The molecule has 0 fully saturated rings. The Labute approximate surface area is 89.5 Å². The molecule has 6 heteroatoms. The molecule has 1 aromatic carbocycles. The second kappa shape index (κ2) is 4.01. The first kappa shape index (κ1) is 10.2. The second-order valence-electron chi connectivity index (χ2n) is 2.97. The Balaban J connectivity index is 2.28. The highest BCUT2D eigenvalue weighted by Crippen LogP contribution is 2.20. The number of rotatable bonds is 2. The molecule has 0 spiro atoms. The minimum atomic E-state index is -0.805. The monoisotopic (exact) mass is 222 g/mol. The number of hydrogen-bond acceptors (Lipinski definition) is 4. The van der Waals surface area contributed by atoms with Crippen LogP contribution < -0.4 is 5.32 Å². The van der Waals surface area contributed by atoms with Gasteiger partial charge in [-0.15, -0.1) is 0 Å². The van der Waals surface area contributed by atoms with E-state index in [0.29, 0.717) is 0 Å². The predicted molar refractivity (Wildman–Crippen MR) is 52.5 cm³/mol. The number of aromatic hydroxyl groups is 1. The van der Waals surface area contributed by atoms with Crippen molar-refractivity contribution in [3.05, 3.63) is 41.9 Å². The number of halogens is 1. The molecule has 0 aliphatic rings. The Hall–Kier alpha value is -2.37. The van der Waals surface area contributed by atoms with Crippen molar-refractivity contribution in [1.29, 1.82) is 0 Å². The van der Waals surface area contributed by atoms with E-state index in [1.807, 2.05) is 0 Å². The molecule has 0 aliphatic heterocycles. The number of phenolic OH excluding ortho intramolecular Hbond substituents is 1. The van der Waals surface area contributed by atoms with Gasteiger partial charge in [-0.1, -0.05) is 11.2 Å². The summed E-state index contributed by atoms with van der Waals surface area (Å²) in [7, 11) is 0. The molecule has 2 aromatic rings. The molecule has 0 radical (unpaired) electrons. The first-order valence-corrected chi connectivity index (χ1v) is 4.37. The van der Waals surface area contributed by atoms with Gasteiger partial charge in [0.1, 0.15) is 23.4 Å². The summed E-state index contributed by atoms with van der Waals surface area (Å²) in [5, 5.41) is 15.1. The summed E-state index contributed by atoms with van der Waals surface area (Å²) in [6.07, 6.45) is 1.26. The van der Waals surface area contributed by atoms with Crippen molar-refractivity contribution in [3.63, 3.8) is 0 Å². The van der Waals surface area contributed by atoms with Crippen molar-refractivity contribution in [1.82, 2.24) is 5.16 Å². The fraction of sp³-hybridized carbons (Fsp3) is 0. The zero-order valence-electron chi connectivity index (χ0n) is 7.98. The van der Waals surface area contributed by atoms with Gasteiger partial charge < -0.3 is 14.9 Å². The number of amides is 1. The molecular formula is C10H7FN2O3. The van der Waals surface area contributed by atoms with Crippen LogP contribution in [0.1, 0.15) is 10.4 Å². The van der Waals surface area contributed by atoms with E-state index in [-0.39, 0.29) is 5.82 Å². The van der Waals surface area contributed by atoms with E-state index in [9.17, 15) is 14.3 Å². The molecule has 82 valence electrons. The first-order valence-electron chi connectivity index (χ1n) is 4.37. The number of aromatic nitrogens is 1. The van der Waals surface area contributed by atoms with Gasteiger partial charge >= 0.3 is 0 Å². The van der Waals surface area contributed by atoms with Crippen LogP contribution >= 0.6 is 0 Å². The minimum Gasteiger partial charge on any atom is -0.507 e. The number of benzene rings is 1. The Morgan fingerprint density at radius 3 is 2.88 bits per heavy atom. The summed E-state index contributed by atoms with van der Waals surface area (Å²) in [5.74, 6) is -1.88. The standard InChI is InChI=1S/C10H7FN2O3/c11-6-2-1-3-7(14)9(6)10(15)12-8-4-5-16-13-8/h1-5,14H,(H,12,13,15). The number of nitrogens with zero attached hydrogens (tertiary/aromatic N) is 1. The van der Waals surface area contributed by atoms with Crippen LogP contribution in [-0.2, 0) is 0 Å². The number of carbonyl (C=O) groups excluding carboxylic acids is 1. The van der Waals surface area contributed by atoms with Crippen molar-refractivity contribution in [2.75, 3.05) is 5.32 Å². The number of nitrogens with one attached hydrogen (secondary N) is 1. The largest absolute Gasteiger partial charge is 0.507 e. The van der Waals surface area contributed by atoms with E-state index < -0.39 is 23.0 Å². The van der Waals surface area contributed by atoms with Crippen LogP contribution in [0.2, 0.25) is 0 Å². The number of phenols is 1. The molecule has 1 amide bonds. The maximum Gasteiger partial charge on any atom is 0.263 e. The molecule has 0 aliphatic carbocycles. The zero-order chi connectivity index (χ0) is 11.5. The predicted octanol–water partition coefficient (Wildman–Crippen LogP) is 1.77. The normalized spacial score (nSPS) is 10.1. The molecule has 0 saturated heterocycles. The summed E-state index contributed by atoms with van der Waals surface area (Å²) in [6.45, 7) is 0. The van der Waals surface area contributed by atoms with Gasteiger partial charge in [-0.05, 0) is 12.1 Å². The Kier molecular flexibility index (Phi) is 2.55. The van der Waals surface area contributed by atoms with E-state index >= 15 is 0 Å². The molecule has 0 atom stereocenters. The molecule has 0 saturated carbocycles. The minimum absolute atomic E-state index is 0.146. The number of hydrogen-bond donors (Lipinski definition) is 2. The first-order chi connectivity index (χ1) is 7.68. The molecule has 16 heavy (non-hydrogen) atoms. The molecule has 2 rings (SSSR count). The van der Waals surface area contributed by atoms with E-state index in [0.717, 1.165) is 6.07 Å². The van der Waals surface area contributed by atoms with Crippen molar-refractivity contribution in [3.8, 4) is 5.75 Å². The summed E-state index contributed by atoms with van der Waals surface area (Å²) >= 11 is 0. The van der Waals surface area contributed by atoms with Gasteiger partial charge in [0.25, 0.3) is 5.91 Å². The SMILES string of the molecule is O=C(Nc1ccon1)c1c(O)cccc1F. The lowest BCUT2D eigenvalue weighted by atomic mass is 10.2. The number of anilines is 1. The van der Waals surface area contributed by atoms with Gasteiger partial charge in [0.15, 0.2) is 5.82 Å². The van der Waals surface area contributed by atoms with Crippen LogP contribution in [0, 0.1) is 5.82 Å². The third kappa shape index (κ3) is 1.85. The summed E-state index contributed by atoms with van der Waals surface area (Å²) in [4.78, 5) is 11.6. The van der Waals surface area contributed by atoms with Crippen LogP contribution in [0.15, 0.2) is 35.1 Å². The van der Waals surface area contributed by atoms with Crippen molar-refractivity contribution in [2.45, 2.75) is 0 Å². The Bertz CT molecular complexity index is 491. The fourth-order valence-corrected chi connectivity index (χ4v) is 1.19. The van der Waals surface area contributed by atoms with E-state index in [4.69, 9.17) is 0 Å². The molecule has 2 N–H and O–H groups in total. The van der Waals surface area contributed by atoms with E-state index in [2.05, 4.69) is 15.0 Å². The third-order valence-corrected chi connectivity index (χ3v) is 1.90. The van der Waals surface area contributed by atoms with Gasteiger partial charge in [-0.3, -0.25) is 4.79 Å². The molecule has 1 aromatic heterocycles. The quantitative estimate of drug-likeness (QED) is 0.811. The lowest BCUT2D eigenvalue weighted by Crippen LogP contribution is -2.14. The highest BCUT2D eigenvalue weighted by Gasteiger charge is 2.17. The van der Waals surface area contributed by atoms with E-state index in [1.165, 1.54) is 24.5 Å². The third-order valence-electron chi connectivity index (χ3n) is 1.90. The van der Waals surface area contributed by atoms with E-state index in [1.54, 1.807) is 0 Å². The molecular weight excluding hydrogens is 215 g/mol. The maximum absolute atomic E-state index is 13.3. The highest BCUT2D eigenvalue weighted by molar-refractivity contribution is 6.05. The topological polar surface area (TPSA) is 75.4 Å². The average Bonchev–Trinajstić information content (AvgIpc) is 2.70. The molecule has 0 unspecified atom stereocenters. The Morgan fingerprint density at radius 2 is 2.25 bits per heavy atom. The molecule has 1 heterocycles. The van der Waals surface area contributed by atoms with Crippen molar-refractivity contribution >= 4 is 11.7 Å².